The predicted octanol–water partition coefficient (Wildman–Crippen LogP) is 5.17. The number of hydrogen-bond donors (Lipinski definition) is 0. The molecular formula is C24H19NO2. The highest BCUT2D eigenvalue weighted by atomic mass is 16.1. The molecule has 3 aromatic carbocycles. The van der Waals surface area contributed by atoms with Crippen LogP contribution in [0.25, 0.3) is 27.7 Å². The summed E-state index contributed by atoms with van der Waals surface area (Å²) < 4.78 is 1.66. The van der Waals surface area contributed by atoms with Gasteiger partial charge in [-0.3, -0.25) is 14.2 Å². The molecule has 132 valence electrons. The van der Waals surface area contributed by atoms with Crippen molar-refractivity contribution in [1.82, 2.24) is 4.57 Å². The van der Waals surface area contributed by atoms with Gasteiger partial charge in [0, 0.05) is 16.5 Å². The van der Waals surface area contributed by atoms with E-state index in [1.807, 2.05) is 79.7 Å². The number of benzene rings is 3. The van der Waals surface area contributed by atoms with Gasteiger partial charge in [0.15, 0.2) is 5.78 Å². The van der Waals surface area contributed by atoms with E-state index >= 15 is 0 Å². The number of Topliss-reactive ketones (excluding diaryl/α,β-unsaturated/α-hetero) is 1. The molecule has 1 aromatic heterocycles. The Labute approximate surface area is 157 Å². The van der Waals surface area contributed by atoms with Crippen molar-refractivity contribution < 1.29 is 4.79 Å². The molecule has 0 spiro atoms. The second-order valence-electron chi connectivity index (χ2n) is 6.67. The molecule has 4 rings (SSSR count). The quantitative estimate of drug-likeness (QED) is 0.477. The largest absolute Gasteiger partial charge is 0.294 e. The first kappa shape index (κ1) is 17.0. The molecule has 0 saturated heterocycles. The summed E-state index contributed by atoms with van der Waals surface area (Å²) in [5.41, 5.74) is 3.77. The summed E-state index contributed by atoms with van der Waals surface area (Å²) in [4.78, 5) is 26.1. The Hall–Kier alpha value is -3.46. The predicted molar refractivity (Wildman–Crippen MR) is 110 cm³/mol. The number of aryl methyl sites for hydroxylation is 1. The van der Waals surface area contributed by atoms with E-state index < -0.39 is 0 Å². The first-order valence-electron chi connectivity index (χ1n) is 8.89. The van der Waals surface area contributed by atoms with Gasteiger partial charge < -0.3 is 0 Å². The number of ketones is 1. The van der Waals surface area contributed by atoms with Crippen LogP contribution in [0, 0.1) is 6.92 Å². The molecule has 3 heteroatoms. The number of rotatable bonds is 3. The summed E-state index contributed by atoms with van der Waals surface area (Å²) in [6.07, 6.45) is 0. The standard InChI is InChI=1S/C24H19NO2/c1-16-12-14-19(15-13-16)25-23(18-8-4-3-5-9-18)22(17(2)26)20-10-6-7-11-21(20)24(25)27/h3-15H,1-2H3. The van der Waals surface area contributed by atoms with Gasteiger partial charge in [-0.25, -0.2) is 0 Å². The van der Waals surface area contributed by atoms with E-state index in [9.17, 15) is 9.59 Å². The van der Waals surface area contributed by atoms with Gasteiger partial charge in [-0.05, 0) is 37.6 Å². The average molecular weight is 353 g/mol. The Morgan fingerprint density at radius 3 is 2.00 bits per heavy atom. The third-order valence-electron chi connectivity index (χ3n) is 4.78. The highest BCUT2D eigenvalue weighted by molar-refractivity contribution is 6.11. The molecule has 0 unspecified atom stereocenters. The third-order valence-corrected chi connectivity index (χ3v) is 4.78. The molecule has 3 nitrogen and oxygen atoms in total. The summed E-state index contributed by atoms with van der Waals surface area (Å²) in [7, 11) is 0. The van der Waals surface area contributed by atoms with Gasteiger partial charge in [0.1, 0.15) is 0 Å². The lowest BCUT2D eigenvalue weighted by Gasteiger charge is -2.19. The maximum atomic E-state index is 13.4. The van der Waals surface area contributed by atoms with Crippen molar-refractivity contribution in [3.63, 3.8) is 0 Å². The fourth-order valence-electron chi connectivity index (χ4n) is 3.52. The lowest BCUT2D eigenvalue weighted by atomic mass is 9.96. The molecular weight excluding hydrogens is 334 g/mol. The highest BCUT2D eigenvalue weighted by Crippen LogP contribution is 2.31. The van der Waals surface area contributed by atoms with Crippen molar-refractivity contribution in [2.45, 2.75) is 13.8 Å². The van der Waals surface area contributed by atoms with Crippen LogP contribution in [-0.4, -0.2) is 10.4 Å². The number of pyridine rings is 1. The minimum Gasteiger partial charge on any atom is -0.294 e. The molecule has 0 aliphatic carbocycles. The van der Waals surface area contributed by atoms with Crippen LogP contribution in [0.4, 0.5) is 0 Å². The Morgan fingerprint density at radius 2 is 1.37 bits per heavy atom. The van der Waals surface area contributed by atoms with Crippen molar-refractivity contribution in [1.29, 1.82) is 0 Å². The topological polar surface area (TPSA) is 39.1 Å². The lowest BCUT2D eigenvalue weighted by Crippen LogP contribution is -2.23. The van der Waals surface area contributed by atoms with E-state index in [0.29, 0.717) is 22.0 Å². The molecule has 0 radical (unpaired) electrons. The number of carbonyl (C=O) groups excluding carboxylic acids is 1. The summed E-state index contributed by atoms with van der Waals surface area (Å²) in [5, 5.41) is 1.24. The zero-order valence-corrected chi connectivity index (χ0v) is 15.3. The summed E-state index contributed by atoms with van der Waals surface area (Å²) >= 11 is 0. The Morgan fingerprint density at radius 1 is 0.778 bits per heavy atom. The molecule has 0 aliphatic heterocycles. The van der Waals surface area contributed by atoms with Crippen LogP contribution in [0.15, 0.2) is 83.7 Å². The lowest BCUT2D eigenvalue weighted by molar-refractivity contribution is 0.101. The summed E-state index contributed by atoms with van der Waals surface area (Å²) in [5.74, 6) is -0.0640. The highest BCUT2D eigenvalue weighted by Gasteiger charge is 2.21. The normalized spacial score (nSPS) is 10.9. The zero-order chi connectivity index (χ0) is 19.0. The molecule has 1 heterocycles. The number of hydrogen-bond acceptors (Lipinski definition) is 2. The van der Waals surface area contributed by atoms with E-state index in [0.717, 1.165) is 16.8 Å². The van der Waals surface area contributed by atoms with E-state index in [1.54, 1.807) is 17.6 Å². The second kappa shape index (κ2) is 6.69. The van der Waals surface area contributed by atoms with Crippen molar-refractivity contribution in [2.24, 2.45) is 0 Å². The van der Waals surface area contributed by atoms with Crippen LogP contribution in [0.2, 0.25) is 0 Å². The van der Waals surface area contributed by atoms with Gasteiger partial charge >= 0.3 is 0 Å². The van der Waals surface area contributed by atoms with Gasteiger partial charge in [-0.1, -0.05) is 66.2 Å². The van der Waals surface area contributed by atoms with Crippen molar-refractivity contribution in [3.05, 3.63) is 100 Å². The molecule has 0 bridgehead atoms. The first-order chi connectivity index (χ1) is 13.1. The van der Waals surface area contributed by atoms with Crippen molar-refractivity contribution >= 4 is 16.6 Å². The second-order valence-corrected chi connectivity index (χ2v) is 6.67. The van der Waals surface area contributed by atoms with Crippen LogP contribution in [0.3, 0.4) is 0 Å². The fraction of sp³-hybridized carbons (Fsp3) is 0.0833. The molecule has 0 amide bonds. The summed E-state index contributed by atoms with van der Waals surface area (Å²) in [6.45, 7) is 3.56. The number of aromatic nitrogens is 1. The maximum Gasteiger partial charge on any atom is 0.263 e. The van der Waals surface area contributed by atoms with Crippen LogP contribution >= 0.6 is 0 Å². The molecule has 0 aliphatic rings. The van der Waals surface area contributed by atoms with Crippen LogP contribution < -0.4 is 5.56 Å². The Bertz CT molecular complexity index is 1200. The van der Waals surface area contributed by atoms with E-state index in [1.165, 1.54) is 0 Å². The van der Waals surface area contributed by atoms with Gasteiger partial charge in [0.2, 0.25) is 0 Å². The Kier molecular flexibility index (Phi) is 4.21. The SMILES string of the molecule is CC(=O)c1c(-c2ccccc2)n(-c2ccc(C)cc2)c(=O)c2ccccc12. The van der Waals surface area contributed by atoms with Gasteiger partial charge in [-0.15, -0.1) is 0 Å². The fourth-order valence-corrected chi connectivity index (χ4v) is 3.52. The first-order valence-corrected chi connectivity index (χ1v) is 8.89. The third kappa shape index (κ3) is 2.87. The summed E-state index contributed by atoms with van der Waals surface area (Å²) in [6, 6.07) is 24.7. The van der Waals surface area contributed by atoms with Gasteiger partial charge in [0.25, 0.3) is 5.56 Å². The minimum atomic E-state index is -0.127. The average Bonchev–Trinajstić information content (AvgIpc) is 2.69. The van der Waals surface area contributed by atoms with Crippen molar-refractivity contribution in [3.8, 4) is 16.9 Å². The monoisotopic (exact) mass is 353 g/mol. The number of nitrogens with zero attached hydrogens (tertiary/aromatic N) is 1. The van der Waals surface area contributed by atoms with Crippen LogP contribution in [-0.2, 0) is 0 Å². The van der Waals surface area contributed by atoms with E-state index in [-0.39, 0.29) is 11.3 Å². The molecule has 0 saturated carbocycles. The molecule has 0 fully saturated rings. The van der Waals surface area contributed by atoms with E-state index in [2.05, 4.69) is 0 Å². The maximum absolute atomic E-state index is 13.4. The zero-order valence-electron chi connectivity index (χ0n) is 15.3. The Balaban J connectivity index is 2.24. The van der Waals surface area contributed by atoms with Crippen LogP contribution in [0.5, 0.6) is 0 Å². The van der Waals surface area contributed by atoms with Gasteiger partial charge in [-0.2, -0.15) is 0 Å². The number of fused-ring (bicyclic) bond motifs is 1. The molecule has 27 heavy (non-hydrogen) atoms. The minimum absolute atomic E-state index is 0.0640. The van der Waals surface area contributed by atoms with Crippen LogP contribution in [0.1, 0.15) is 22.8 Å². The molecule has 4 aromatic rings. The smallest absolute Gasteiger partial charge is 0.263 e. The number of carbonyl (C=O) groups is 1. The molecule has 0 N–H and O–H groups in total. The van der Waals surface area contributed by atoms with E-state index in [4.69, 9.17) is 0 Å². The van der Waals surface area contributed by atoms with Gasteiger partial charge in [0.05, 0.1) is 11.3 Å². The molecule has 0 atom stereocenters. The van der Waals surface area contributed by atoms with Crippen molar-refractivity contribution in [2.75, 3.05) is 0 Å².